The first kappa shape index (κ1) is 25.9. The summed E-state index contributed by atoms with van der Waals surface area (Å²) in [6.45, 7) is 5.98. The number of anilines is 1. The van der Waals surface area contributed by atoms with Gasteiger partial charge in [0, 0.05) is 5.69 Å². The number of aryl methyl sites for hydroxylation is 2. The predicted octanol–water partition coefficient (Wildman–Crippen LogP) is 5.39. The predicted molar refractivity (Wildman–Crippen MR) is 151 cm³/mol. The molecule has 0 bridgehead atoms. The summed E-state index contributed by atoms with van der Waals surface area (Å²) in [5.41, 5.74) is 4.87. The van der Waals surface area contributed by atoms with Crippen molar-refractivity contribution in [1.29, 1.82) is 0 Å². The molecule has 0 atom stereocenters. The van der Waals surface area contributed by atoms with Crippen LogP contribution in [0.4, 0.5) is 10.1 Å². The SMILES string of the molecule is CCOc1cc(/C=c2\sc3nc4cc(C)c(C)cc4n3c2=O)cc(Br)c1OCC(=O)Nc1ccc(F)cc1. The molecule has 0 aliphatic carbocycles. The van der Waals surface area contributed by atoms with Gasteiger partial charge in [-0.2, -0.15) is 0 Å². The second-order valence-corrected chi connectivity index (χ2v) is 10.5. The van der Waals surface area contributed by atoms with Gasteiger partial charge in [0.2, 0.25) is 0 Å². The molecule has 0 spiro atoms. The molecule has 0 saturated carbocycles. The van der Waals surface area contributed by atoms with Gasteiger partial charge in [0.1, 0.15) is 5.82 Å². The third kappa shape index (κ3) is 5.14. The van der Waals surface area contributed by atoms with E-state index in [1.54, 1.807) is 22.6 Å². The van der Waals surface area contributed by atoms with Crippen molar-refractivity contribution >= 4 is 60.9 Å². The molecule has 0 saturated heterocycles. The fraction of sp³-hybridized carbons (Fsp3) is 0.179. The summed E-state index contributed by atoms with van der Waals surface area (Å²) in [4.78, 5) is 30.9. The Morgan fingerprint density at radius 3 is 2.61 bits per heavy atom. The number of nitrogens with zero attached hydrogens (tertiary/aromatic N) is 2. The molecule has 5 aromatic rings. The van der Waals surface area contributed by atoms with E-state index in [1.807, 2.05) is 32.9 Å². The van der Waals surface area contributed by atoms with Crippen LogP contribution in [0.15, 0.2) is 57.8 Å². The number of ether oxygens (including phenoxy) is 2. The molecule has 0 unspecified atom stereocenters. The lowest BCUT2D eigenvalue weighted by Crippen LogP contribution is -2.22. The van der Waals surface area contributed by atoms with Crippen LogP contribution in [-0.2, 0) is 4.79 Å². The molecule has 0 radical (unpaired) electrons. The molecular formula is C28H23BrFN3O4S. The van der Waals surface area contributed by atoms with E-state index in [0.717, 1.165) is 27.7 Å². The van der Waals surface area contributed by atoms with Crippen LogP contribution in [0.2, 0.25) is 0 Å². The Morgan fingerprint density at radius 2 is 1.87 bits per heavy atom. The summed E-state index contributed by atoms with van der Waals surface area (Å²) in [5.74, 6) is -0.00989. The van der Waals surface area contributed by atoms with E-state index < -0.39 is 5.91 Å². The molecule has 10 heteroatoms. The molecule has 1 N–H and O–H groups in total. The van der Waals surface area contributed by atoms with Gasteiger partial charge >= 0.3 is 0 Å². The Morgan fingerprint density at radius 1 is 1.13 bits per heavy atom. The zero-order valence-electron chi connectivity index (χ0n) is 20.8. The van der Waals surface area contributed by atoms with Crippen LogP contribution >= 0.6 is 27.3 Å². The highest BCUT2D eigenvalue weighted by Gasteiger charge is 2.16. The van der Waals surface area contributed by atoms with Crippen LogP contribution in [0.25, 0.3) is 22.1 Å². The van der Waals surface area contributed by atoms with Crippen molar-refractivity contribution in [3.05, 3.63) is 90.4 Å². The second-order valence-electron chi connectivity index (χ2n) is 8.68. The number of carbonyl (C=O) groups excluding carboxylic acids is 1. The summed E-state index contributed by atoms with van der Waals surface area (Å²) >= 11 is 4.83. The van der Waals surface area contributed by atoms with E-state index in [0.29, 0.717) is 37.8 Å². The number of fused-ring (bicyclic) bond motifs is 3. The first-order chi connectivity index (χ1) is 18.2. The number of amides is 1. The number of aromatic nitrogens is 2. The van der Waals surface area contributed by atoms with Gasteiger partial charge in [-0.3, -0.25) is 9.59 Å². The maximum Gasteiger partial charge on any atom is 0.274 e. The minimum absolute atomic E-state index is 0.136. The third-order valence-electron chi connectivity index (χ3n) is 5.96. The topological polar surface area (TPSA) is 81.9 Å². The zero-order valence-corrected chi connectivity index (χ0v) is 23.2. The number of imidazole rings is 1. The summed E-state index contributed by atoms with van der Waals surface area (Å²) in [7, 11) is 0. The molecule has 2 aromatic heterocycles. The molecule has 7 nitrogen and oxygen atoms in total. The van der Waals surface area contributed by atoms with Crippen molar-refractivity contribution in [3.8, 4) is 11.5 Å². The van der Waals surface area contributed by atoms with Gasteiger partial charge in [-0.25, -0.2) is 13.8 Å². The second kappa shape index (κ2) is 10.5. The normalized spacial score (nSPS) is 11.9. The van der Waals surface area contributed by atoms with E-state index in [2.05, 4.69) is 26.2 Å². The number of hydrogen-bond acceptors (Lipinski definition) is 6. The van der Waals surface area contributed by atoms with E-state index >= 15 is 0 Å². The largest absolute Gasteiger partial charge is 0.490 e. The monoisotopic (exact) mass is 595 g/mol. The van der Waals surface area contributed by atoms with Crippen LogP contribution in [0.1, 0.15) is 23.6 Å². The number of hydrogen-bond donors (Lipinski definition) is 1. The van der Waals surface area contributed by atoms with Crippen LogP contribution in [-0.4, -0.2) is 28.5 Å². The number of halogens is 2. The van der Waals surface area contributed by atoms with Crippen LogP contribution in [0.3, 0.4) is 0 Å². The van der Waals surface area contributed by atoms with Crippen molar-refractivity contribution < 1.29 is 18.7 Å². The van der Waals surface area contributed by atoms with Crippen LogP contribution < -0.4 is 24.9 Å². The van der Waals surface area contributed by atoms with Crippen molar-refractivity contribution in [3.63, 3.8) is 0 Å². The maximum absolute atomic E-state index is 13.3. The molecule has 0 fully saturated rings. The van der Waals surface area contributed by atoms with Gasteiger partial charge in [0.15, 0.2) is 23.1 Å². The summed E-state index contributed by atoms with van der Waals surface area (Å²) in [6, 6.07) is 13.0. The minimum atomic E-state index is -0.405. The van der Waals surface area contributed by atoms with Gasteiger partial charge in [-0.05, 0) is 108 Å². The Bertz CT molecular complexity index is 1800. The molecule has 0 aliphatic heterocycles. The lowest BCUT2D eigenvalue weighted by molar-refractivity contribution is -0.118. The quantitative estimate of drug-likeness (QED) is 0.273. The van der Waals surface area contributed by atoms with E-state index in [-0.39, 0.29) is 18.0 Å². The average Bonchev–Trinajstić information content (AvgIpc) is 3.36. The smallest absolute Gasteiger partial charge is 0.274 e. The Balaban J connectivity index is 1.44. The van der Waals surface area contributed by atoms with Crippen molar-refractivity contribution in [2.24, 2.45) is 0 Å². The molecule has 2 heterocycles. The van der Waals surface area contributed by atoms with E-state index in [9.17, 15) is 14.0 Å². The lowest BCUT2D eigenvalue weighted by Gasteiger charge is -2.14. The van der Waals surface area contributed by atoms with Crippen molar-refractivity contribution in [1.82, 2.24) is 9.38 Å². The Kier molecular flexibility index (Phi) is 7.18. The highest BCUT2D eigenvalue weighted by molar-refractivity contribution is 9.10. The van der Waals surface area contributed by atoms with Crippen LogP contribution in [0, 0.1) is 19.7 Å². The van der Waals surface area contributed by atoms with E-state index in [4.69, 9.17) is 9.47 Å². The third-order valence-corrected chi connectivity index (χ3v) is 7.52. The van der Waals surface area contributed by atoms with Gasteiger partial charge in [0.05, 0.1) is 26.6 Å². The van der Waals surface area contributed by atoms with Gasteiger partial charge in [-0.15, -0.1) is 0 Å². The molecular weight excluding hydrogens is 573 g/mol. The summed E-state index contributed by atoms with van der Waals surface area (Å²) in [6.07, 6.45) is 1.78. The lowest BCUT2D eigenvalue weighted by atomic mass is 10.1. The average molecular weight is 596 g/mol. The Hall–Kier alpha value is -3.76. The van der Waals surface area contributed by atoms with E-state index in [1.165, 1.54) is 35.6 Å². The standard InChI is InChI=1S/C28H23BrFN3O4S/c1-4-36-23-12-17(11-20(29)26(23)37-14-25(34)31-19-7-5-18(30)6-8-19)13-24-27(35)33-22-10-16(3)15(2)9-21(22)32-28(33)38-24/h5-13H,4,14H2,1-3H3,(H,31,34)/b24-13-. The fourth-order valence-electron chi connectivity index (χ4n) is 4.01. The summed E-state index contributed by atoms with van der Waals surface area (Å²) < 4.78 is 27.4. The summed E-state index contributed by atoms with van der Waals surface area (Å²) in [5, 5.41) is 2.66. The van der Waals surface area contributed by atoms with Crippen molar-refractivity contribution in [2.75, 3.05) is 18.5 Å². The molecule has 5 rings (SSSR count). The highest BCUT2D eigenvalue weighted by atomic mass is 79.9. The van der Waals surface area contributed by atoms with Crippen molar-refractivity contribution in [2.45, 2.75) is 20.8 Å². The number of thiazole rings is 1. The van der Waals surface area contributed by atoms with Gasteiger partial charge < -0.3 is 14.8 Å². The molecule has 3 aromatic carbocycles. The molecule has 38 heavy (non-hydrogen) atoms. The number of rotatable bonds is 7. The number of nitrogens with one attached hydrogen (secondary N) is 1. The van der Waals surface area contributed by atoms with Gasteiger partial charge in [-0.1, -0.05) is 11.3 Å². The Labute approximate surface area is 229 Å². The first-order valence-electron chi connectivity index (χ1n) is 11.8. The number of benzene rings is 3. The molecule has 0 aliphatic rings. The number of carbonyl (C=O) groups is 1. The first-order valence-corrected chi connectivity index (χ1v) is 13.4. The van der Waals surface area contributed by atoms with Crippen LogP contribution in [0.5, 0.6) is 11.5 Å². The highest BCUT2D eigenvalue weighted by Crippen LogP contribution is 2.37. The zero-order chi connectivity index (χ0) is 27.0. The van der Waals surface area contributed by atoms with Gasteiger partial charge in [0.25, 0.3) is 11.5 Å². The molecule has 194 valence electrons. The fourth-order valence-corrected chi connectivity index (χ4v) is 5.57. The minimum Gasteiger partial charge on any atom is -0.490 e. The molecule has 1 amide bonds. The maximum atomic E-state index is 13.3.